The van der Waals surface area contributed by atoms with Gasteiger partial charge >= 0.3 is 5.69 Å². The van der Waals surface area contributed by atoms with Crippen LogP contribution in [0, 0.1) is 18.8 Å². The SMILES string of the molecule is COc1ccccc1C(Cn1c(=O)n(C(C)(C)C(=O)N2CCCC2)c(=O)c2c(C)c(-c3ncco3)sc21)O[C@H]1CC2C[C@@H](O)C[C@H]2C1. The number of benzene rings is 1. The molecular formula is C35H42N4O7S. The number of amides is 1. The van der Waals surface area contributed by atoms with Gasteiger partial charge in [0.15, 0.2) is 0 Å². The van der Waals surface area contributed by atoms with Crippen LogP contribution in [-0.4, -0.2) is 62.4 Å². The number of likely N-dealkylation sites (tertiary alicyclic amines) is 1. The summed E-state index contributed by atoms with van der Waals surface area (Å²) in [5.41, 5.74) is -1.09. The molecule has 11 nitrogen and oxygen atoms in total. The molecule has 1 amide bonds. The van der Waals surface area contributed by atoms with Crippen molar-refractivity contribution in [2.75, 3.05) is 20.2 Å². The van der Waals surface area contributed by atoms with E-state index in [1.807, 2.05) is 31.2 Å². The fraction of sp³-hybridized carbons (Fsp3) is 0.543. The smallest absolute Gasteiger partial charge is 0.333 e. The predicted octanol–water partition coefficient (Wildman–Crippen LogP) is 4.86. The lowest BCUT2D eigenvalue weighted by atomic mass is 10.0. The third kappa shape index (κ3) is 5.53. The van der Waals surface area contributed by atoms with Crippen molar-refractivity contribution < 1.29 is 23.8 Å². The first-order chi connectivity index (χ1) is 22.6. The van der Waals surface area contributed by atoms with Gasteiger partial charge in [0.25, 0.3) is 5.56 Å². The maximum absolute atomic E-state index is 14.7. The first-order valence-corrected chi connectivity index (χ1v) is 17.3. The number of hydrogen-bond acceptors (Lipinski definition) is 9. The summed E-state index contributed by atoms with van der Waals surface area (Å²) >= 11 is 1.28. The van der Waals surface area contributed by atoms with Gasteiger partial charge in [-0.25, -0.2) is 14.3 Å². The fourth-order valence-electron chi connectivity index (χ4n) is 8.13. The van der Waals surface area contributed by atoms with Crippen molar-refractivity contribution in [1.29, 1.82) is 0 Å². The Labute approximate surface area is 276 Å². The molecule has 7 rings (SSSR count). The number of methoxy groups -OCH3 is 1. The summed E-state index contributed by atoms with van der Waals surface area (Å²) in [6.45, 7) is 6.43. The summed E-state index contributed by atoms with van der Waals surface area (Å²) < 4.78 is 21.0. The van der Waals surface area contributed by atoms with Gasteiger partial charge in [0.05, 0.1) is 42.3 Å². The van der Waals surface area contributed by atoms with Crippen LogP contribution in [0.2, 0.25) is 0 Å². The number of aromatic nitrogens is 3. The molecule has 1 N–H and O–H groups in total. The molecule has 1 aromatic carbocycles. The number of carbonyl (C=O) groups excluding carboxylic acids is 1. The molecule has 4 aromatic rings. The average molecular weight is 663 g/mol. The Morgan fingerprint density at radius 1 is 1.13 bits per heavy atom. The Morgan fingerprint density at radius 3 is 2.49 bits per heavy atom. The van der Waals surface area contributed by atoms with Crippen LogP contribution in [0.25, 0.3) is 21.0 Å². The monoisotopic (exact) mass is 662 g/mol. The highest BCUT2D eigenvalue weighted by atomic mass is 32.1. The number of thiophene rings is 1. The Hall–Kier alpha value is -3.74. The van der Waals surface area contributed by atoms with Crippen molar-refractivity contribution in [3.05, 3.63) is 68.7 Å². The number of para-hydroxylation sites is 1. The highest BCUT2D eigenvalue weighted by Gasteiger charge is 2.43. The van der Waals surface area contributed by atoms with Crippen molar-refractivity contribution in [3.63, 3.8) is 0 Å². The molecule has 2 unspecified atom stereocenters. The number of aliphatic hydroxyl groups is 1. The number of aliphatic hydroxyl groups excluding tert-OH is 1. The molecule has 0 bridgehead atoms. The van der Waals surface area contributed by atoms with E-state index in [0.29, 0.717) is 57.2 Å². The second-order valence-corrected chi connectivity index (χ2v) is 14.8. The van der Waals surface area contributed by atoms with E-state index in [4.69, 9.17) is 13.9 Å². The van der Waals surface area contributed by atoms with Gasteiger partial charge in [-0.1, -0.05) is 18.2 Å². The van der Waals surface area contributed by atoms with Crippen LogP contribution in [0.4, 0.5) is 0 Å². The van der Waals surface area contributed by atoms with Crippen molar-refractivity contribution in [3.8, 4) is 16.5 Å². The Kier molecular flexibility index (Phi) is 8.38. The van der Waals surface area contributed by atoms with Gasteiger partial charge in [-0.15, -0.1) is 11.3 Å². The van der Waals surface area contributed by atoms with Crippen LogP contribution in [-0.2, 0) is 21.6 Å². The van der Waals surface area contributed by atoms with E-state index < -0.39 is 22.9 Å². The van der Waals surface area contributed by atoms with E-state index in [2.05, 4.69) is 4.98 Å². The lowest BCUT2D eigenvalue weighted by Gasteiger charge is -2.31. The van der Waals surface area contributed by atoms with Crippen LogP contribution >= 0.6 is 11.3 Å². The van der Waals surface area contributed by atoms with Gasteiger partial charge in [0.1, 0.15) is 28.5 Å². The summed E-state index contributed by atoms with van der Waals surface area (Å²) in [5, 5.41) is 10.6. The van der Waals surface area contributed by atoms with Gasteiger partial charge in [-0.2, -0.15) is 0 Å². The molecule has 4 heterocycles. The second kappa shape index (κ2) is 12.4. The van der Waals surface area contributed by atoms with Gasteiger partial charge in [0.2, 0.25) is 11.8 Å². The maximum atomic E-state index is 14.7. The molecule has 250 valence electrons. The number of fused-ring (bicyclic) bond motifs is 2. The minimum Gasteiger partial charge on any atom is -0.496 e. The molecule has 47 heavy (non-hydrogen) atoms. The van der Waals surface area contributed by atoms with Crippen LogP contribution in [0.1, 0.15) is 69.6 Å². The number of carbonyl (C=O) groups is 1. The van der Waals surface area contributed by atoms with Crippen LogP contribution in [0.3, 0.4) is 0 Å². The minimum atomic E-state index is -1.43. The van der Waals surface area contributed by atoms with Crippen molar-refractivity contribution in [2.24, 2.45) is 11.8 Å². The van der Waals surface area contributed by atoms with E-state index in [9.17, 15) is 19.5 Å². The third-order valence-corrected chi connectivity index (χ3v) is 11.8. The topological polar surface area (TPSA) is 129 Å². The molecule has 2 saturated carbocycles. The average Bonchev–Trinajstić information content (AvgIpc) is 3.88. The zero-order valence-corrected chi connectivity index (χ0v) is 28.1. The summed E-state index contributed by atoms with van der Waals surface area (Å²) in [7, 11) is 1.61. The Morgan fingerprint density at radius 2 is 1.83 bits per heavy atom. The molecule has 2 aliphatic carbocycles. The fourth-order valence-corrected chi connectivity index (χ4v) is 9.37. The molecule has 1 aliphatic heterocycles. The summed E-state index contributed by atoms with van der Waals surface area (Å²) in [6.07, 6.45) is 7.12. The second-order valence-electron chi connectivity index (χ2n) is 13.8. The van der Waals surface area contributed by atoms with Crippen molar-refractivity contribution >= 4 is 27.5 Å². The zero-order chi connectivity index (χ0) is 33.0. The quantitative estimate of drug-likeness (QED) is 0.269. The molecule has 3 fully saturated rings. The highest BCUT2D eigenvalue weighted by Crippen LogP contribution is 2.47. The normalized spacial score (nSPS) is 23.5. The first kappa shape index (κ1) is 31.8. The molecular weight excluding hydrogens is 620 g/mol. The zero-order valence-electron chi connectivity index (χ0n) is 27.3. The number of aryl methyl sites for hydroxylation is 1. The number of nitrogens with zero attached hydrogens (tertiary/aromatic N) is 4. The number of oxazole rings is 1. The molecule has 12 heteroatoms. The largest absolute Gasteiger partial charge is 0.496 e. The van der Waals surface area contributed by atoms with Gasteiger partial charge < -0.3 is 23.9 Å². The maximum Gasteiger partial charge on any atom is 0.333 e. The lowest BCUT2D eigenvalue weighted by Crippen LogP contribution is -2.56. The minimum absolute atomic E-state index is 0.0642. The third-order valence-electron chi connectivity index (χ3n) is 10.5. The molecule has 3 aromatic heterocycles. The van der Waals surface area contributed by atoms with Crippen molar-refractivity contribution in [1.82, 2.24) is 19.0 Å². The molecule has 5 atom stereocenters. The van der Waals surface area contributed by atoms with E-state index in [0.717, 1.165) is 48.7 Å². The lowest BCUT2D eigenvalue weighted by molar-refractivity contribution is -0.138. The Balaban J connectivity index is 1.39. The molecule has 3 aliphatic rings. The Bertz CT molecular complexity index is 1890. The molecule has 0 radical (unpaired) electrons. The van der Waals surface area contributed by atoms with E-state index in [-0.39, 0.29) is 24.7 Å². The van der Waals surface area contributed by atoms with E-state index in [1.54, 1.807) is 36.6 Å². The van der Waals surface area contributed by atoms with Gasteiger partial charge in [0, 0.05) is 18.7 Å². The first-order valence-electron chi connectivity index (χ1n) is 16.5. The summed E-state index contributed by atoms with van der Waals surface area (Å²) in [6, 6.07) is 7.63. The molecule has 1 saturated heterocycles. The van der Waals surface area contributed by atoms with Crippen molar-refractivity contribution in [2.45, 2.75) is 89.7 Å². The molecule has 0 spiro atoms. The summed E-state index contributed by atoms with van der Waals surface area (Å²) in [5.74, 6) is 1.56. The standard InChI is InChI=1S/C35H42N4O7S/c1-20-28-31(41)39(35(2,3)33(42)37-12-7-8-13-37)34(43)38(32(28)47-29(20)30-36-11-14-45-30)19-27(25-9-5-6-10-26(25)44-4)46-24-17-21-15-23(40)16-22(21)18-24/h5-6,9-11,14,21-24,27,40H,7-8,12-13,15-19H2,1-4H3/t21-,22?,23-,24+,27?/m0/s1. The van der Waals surface area contributed by atoms with E-state index in [1.165, 1.54) is 17.6 Å². The van der Waals surface area contributed by atoms with E-state index >= 15 is 0 Å². The summed E-state index contributed by atoms with van der Waals surface area (Å²) in [4.78, 5) is 50.3. The van der Waals surface area contributed by atoms with Crippen LogP contribution < -0.4 is 16.0 Å². The highest BCUT2D eigenvalue weighted by molar-refractivity contribution is 7.22. The number of ether oxygens (including phenoxy) is 2. The predicted molar refractivity (Wildman–Crippen MR) is 178 cm³/mol. The van der Waals surface area contributed by atoms with Crippen LogP contribution in [0.5, 0.6) is 5.75 Å². The van der Waals surface area contributed by atoms with Gasteiger partial charge in [-0.05, 0) is 82.8 Å². The number of hydrogen-bond donors (Lipinski definition) is 1. The number of rotatable bonds is 9. The van der Waals surface area contributed by atoms with Crippen LogP contribution in [0.15, 0.2) is 50.7 Å². The van der Waals surface area contributed by atoms with Gasteiger partial charge in [-0.3, -0.25) is 14.2 Å².